The molecule has 1 saturated carbocycles. The summed E-state index contributed by atoms with van der Waals surface area (Å²) in [6.45, 7) is 8.10. The monoisotopic (exact) mass is 259 g/mol. The van der Waals surface area contributed by atoms with Gasteiger partial charge >= 0.3 is 0 Å². The van der Waals surface area contributed by atoms with Crippen LogP contribution in [0.4, 0.5) is 0 Å². The number of rotatable bonds is 5. The molecule has 19 heavy (non-hydrogen) atoms. The van der Waals surface area contributed by atoms with Crippen LogP contribution >= 0.6 is 0 Å². The van der Waals surface area contributed by atoms with Crippen LogP contribution in [0.15, 0.2) is 30.3 Å². The topological polar surface area (TPSA) is 12.0 Å². The van der Waals surface area contributed by atoms with Crippen LogP contribution in [-0.2, 0) is 6.42 Å². The minimum absolute atomic E-state index is 0.722. The maximum Gasteiger partial charge on any atom is 0.00985 e. The lowest BCUT2D eigenvalue weighted by atomic mass is 9.71. The molecule has 1 aromatic rings. The van der Waals surface area contributed by atoms with Crippen molar-refractivity contribution in [2.24, 2.45) is 17.8 Å². The van der Waals surface area contributed by atoms with Gasteiger partial charge in [-0.3, -0.25) is 0 Å². The van der Waals surface area contributed by atoms with Gasteiger partial charge in [0.05, 0.1) is 0 Å². The smallest absolute Gasteiger partial charge is 0.00985 e. The molecule has 1 fully saturated rings. The molecule has 1 N–H and O–H groups in total. The summed E-state index contributed by atoms with van der Waals surface area (Å²) in [5.74, 6) is 2.56. The van der Waals surface area contributed by atoms with Crippen molar-refractivity contribution in [2.45, 2.75) is 52.5 Å². The molecule has 0 aliphatic heterocycles. The molecule has 1 aliphatic carbocycles. The molecule has 1 nitrogen and oxygen atoms in total. The fourth-order valence-corrected chi connectivity index (χ4v) is 3.58. The van der Waals surface area contributed by atoms with Crippen LogP contribution in [0.2, 0.25) is 0 Å². The summed E-state index contributed by atoms with van der Waals surface area (Å²) in [7, 11) is 0. The Morgan fingerprint density at radius 3 is 2.53 bits per heavy atom. The van der Waals surface area contributed by atoms with E-state index >= 15 is 0 Å². The maximum atomic E-state index is 3.71. The molecular weight excluding hydrogens is 230 g/mol. The molecule has 2 rings (SSSR count). The van der Waals surface area contributed by atoms with Crippen molar-refractivity contribution in [1.29, 1.82) is 0 Å². The van der Waals surface area contributed by atoms with Crippen LogP contribution in [0.3, 0.4) is 0 Å². The van der Waals surface area contributed by atoms with Gasteiger partial charge in [-0.05, 0) is 55.5 Å². The van der Waals surface area contributed by atoms with Gasteiger partial charge in [0.15, 0.2) is 0 Å². The second-order valence-electron chi connectivity index (χ2n) is 6.43. The van der Waals surface area contributed by atoms with Gasteiger partial charge in [0.2, 0.25) is 0 Å². The van der Waals surface area contributed by atoms with Gasteiger partial charge in [-0.25, -0.2) is 0 Å². The van der Waals surface area contributed by atoms with E-state index in [1.807, 2.05) is 0 Å². The van der Waals surface area contributed by atoms with Crippen molar-refractivity contribution in [3.05, 3.63) is 35.9 Å². The third-order valence-corrected chi connectivity index (χ3v) is 4.77. The first-order valence-corrected chi connectivity index (χ1v) is 7.98. The minimum atomic E-state index is 0.722. The zero-order valence-electron chi connectivity index (χ0n) is 12.7. The average molecular weight is 259 g/mol. The molecule has 0 bridgehead atoms. The lowest BCUT2D eigenvalue weighted by molar-refractivity contribution is 0.169. The van der Waals surface area contributed by atoms with E-state index in [9.17, 15) is 0 Å². The third-order valence-electron chi connectivity index (χ3n) is 4.77. The maximum absolute atomic E-state index is 3.71. The van der Waals surface area contributed by atoms with Crippen LogP contribution in [0.25, 0.3) is 0 Å². The average Bonchev–Trinajstić information content (AvgIpc) is 2.42. The van der Waals surface area contributed by atoms with E-state index in [0.29, 0.717) is 0 Å². The number of hydrogen-bond donors (Lipinski definition) is 1. The highest BCUT2D eigenvalue weighted by molar-refractivity contribution is 5.16. The highest BCUT2D eigenvalue weighted by Gasteiger charge is 2.31. The summed E-state index contributed by atoms with van der Waals surface area (Å²) in [6.07, 6.45) is 5.39. The van der Waals surface area contributed by atoms with Gasteiger partial charge in [0.1, 0.15) is 0 Å². The third kappa shape index (κ3) is 4.07. The predicted octanol–water partition coefficient (Wildman–Crippen LogP) is 4.28. The summed E-state index contributed by atoms with van der Waals surface area (Å²) < 4.78 is 0. The molecule has 0 radical (unpaired) electrons. The van der Waals surface area contributed by atoms with Crippen molar-refractivity contribution in [1.82, 2.24) is 5.32 Å². The van der Waals surface area contributed by atoms with E-state index in [-0.39, 0.29) is 0 Å². The largest absolute Gasteiger partial charge is 0.314 e. The quantitative estimate of drug-likeness (QED) is 0.832. The van der Waals surface area contributed by atoms with E-state index in [2.05, 4.69) is 56.4 Å². The molecule has 0 spiro atoms. The van der Waals surface area contributed by atoms with Crippen LogP contribution in [0.1, 0.15) is 45.6 Å². The Labute approximate surface area is 118 Å². The van der Waals surface area contributed by atoms with Crippen molar-refractivity contribution >= 4 is 0 Å². The lowest BCUT2D eigenvalue weighted by Gasteiger charge is -2.38. The van der Waals surface area contributed by atoms with Crippen molar-refractivity contribution in [3.63, 3.8) is 0 Å². The second kappa shape index (κ2) is 7.09. The van der Waals surface area contributed by atoms with E-state index in [0.717, 1.165) is 30.3 Å². The Kier molecular flexibility index (Phi) is 5.45. The molecule has 1 aliphatic rings. The van der Waals surface area contributed by atoms with E-state index < -0.39 is 0 Å². The van der Waals surface area contributed by atoms with E-state index in [1.165, 1.54) is 31.2 Å². The lowest BCUT2D eigenvalue weighted by Crippen LogP contribution is -2.42. The number of hydrogen-bond acceptors (Lipinski definition) is 1. The van der Waals surface area contributed by atoms with E-state index in [1.54, 1.807) is 0 Å². The molecule has 3 unspecified atom stereocenters. The number of benzene rings is 1. The zero-order valence-corrected chi connectivity index (χ0v) is 12.7. The Morgan fingerprint density at radius 2 is 1.89 bits per heavy atom. The summed E-state index contributed by atoms with van der Waals surface area (Å²) in [5, 5.41) is 3.71. The molecule has 1 heteroatoms. The van der Waals surface area contributed by atoms with Crippen molar-refractivity contribution < 1.29 is 0 Å². The van der Waals surface area contributed by atoms with Crippen LogP contribution in [0.5, 0.6) is 0 Å². The molecule has 1 aromatic carbocycles. The van der Waals surface area contributed by atoms with Crippen LogP contribution in [0, 0.1) is 17.8 Å². The highest BCUT2D eigenvalue weighted by atomic mass is 14.9. The Balaban J connectivity index is 2.03. The summed E-state index contributed by atoms with van der Waals surface area (Å²) >= 11 is 0. The molecule has 3 atom stereocenters. The predicted molar refractivity (Wildman–Crippen MR) is 83.3 cm³/mol. The fraction of sp³-hybridized carbons (Fsp3) is 0.667. The Hall–Kier alpha value is -0.820. The fourth-order valence-electron chi connectivity index (χ4n) is 3.58. The first-order chi connectivity index (χ1) is 9.20. The van der Waals surface area contributed by atoms with Crippen LogP contribution < -0.4 is 5.32 Å². The summed E-state index contributed by atoms with van der Waals surface area (Å²) in [5.41, 5.74) is 1.50. The minimum Gasteiger partial charge on any atom is -0.314 e. The SMILES string of the molecule is CCNC1CCC(C(C)C)CC1Cc1ccccc1. The van der Waals surface area contributed by atoms with E-state index in [4.69, 9.17) is 0 Å². The zero-order chi connectivity index (χ0) is 13.7. The molecule has 0 aromatic heterocycles. The van der Waals surface area contributed by atoms with Gasteiger partial charge in [0.25, 0.3) is 0 Å². The molecular formula is C18H29N. The molecule has 0 saturated heterocycles. The van der Waals surface area contributed by atoms with Gasteiger partial charge in [0, 0.05) is 6.04 Å². The van der Waals surface area contributed by atoms with Gasteiger partial charge in [-0.2, -0.15) is 0 Å². The Bertz CT molecular complexity index is 357. The summed E-state index contributed by atoms with van der Waals surface area (Å²) in [6, 6.07) is 11.7. The first-order valence-electron chi connectivity index (χ1n) is 7.98. The standard InChI is InChI=1S/C18H29N/c1-4-19-18-11-10-16(14(2)3)13-17(18)12-15-8-6-5-7-9-15/h5-9,14,16-19H,4,10-13H2,1-3H3. The second-order valence-corrected chi connectivity index (χ2v) is 6.43. The first kappa shape index (κ1) is 14.6. The molecule has 0 amide bonds. The molecule has 0 heterocycles. The summed E-state index contributed by atoms with van der Waals surface area (Å²) in [4.78, 5) is 0. The van der Waals surface area contributed by atoms with Crippen molar-refractivity contribution in [2.75, 3.05) is 6.54 Å². The normalized spacial score (nSPS) is 27.7. The van der Waals surface area contributed by atoms with Gasteiger partial charge in [-0.1, -0.05) is 51.1 Å². The van der Waals surface area contributed by atoms with Gasteiger partial charge in [-0.15, -0.1) is 0 Å². The number of nitrogens with one attached hydrogen (secondary N) is 1. The highest BCUT2D eigenvalue weighted by Crippen LogP contribution is 2.35. The molecule has 106 valence electrons. The van der Waals surface area contributed by atoms with Crippen molar-refractivity contribution in [3.8, 4) is 0 Å². The van der Waals surface area contributed by atoms with Gasteiger partial charge < -0.3 is 5.32 Å². The Morgan fingerprint density at radius 1 is 1.16 bits per heavy atom. The van der Waals surface area contributed by atoms with Crippen LogP contribution in [-0.4, -0.2) is 12.6 Å².